The van der Waals surface area contributed by atoms with Crippen molar-refractivity contribution in [3.05, 3.63) is 12.2 Å². The van der Waals surface area contributed by atoms with Gasteiger partial charge in [0, 0.05) is 5.75 Å². The van der Waals surface area contributed by atoms with E-state index in [1.54, 1.807) is 12.4 Å². The van der Waals surface area contributed by atoms with E-state index >= 15 is 0 Å². The summed E-state index contributed by atoms with van der Waals surface area (Å²) < 4.78 is 23.7. The molecule has 0 amide bonds. The average molecular weight is 222 g/mol. The van der Waals surface area contributed by atoms with E-state index in [0.29, 0.717) is 10.1 Å². The molecule has 0 heterocycles. The highest BCUT2D eigenvalue weighted by Crippen LogP contribution is 2.15. The average Bonchev–Trinajstić information content (AvgIpc) is 2.10. The summed E-state index contributed by atoms with van der Waals surface area (Å²) in [7, 11) is 0. The van der Waals surface area contributed by atoms with Crippen LogP contribution in [0.5, 0.6) is 0 Å². The lowest BCUT2D eigenvalue weighted by atomic mass is 10.5. The third kappa shape index (κ3) is 7.81. The first-order chi connectivity index (χ1) is 6.20. The fraction of sp³-hybridized carbons (Fsp3) is 0.429. The van der Waals surface area contributed by atoms with Gasteiger partial charge in [-0.3, -0.25) is 0 Å². The Morgan fingerprint density at radius 1 is 1.62 bits per heavy atom. The quantitative estimate of drug-likeness (QED) is 0.318. The smallest absolute Gasteiger partial charge is 0.174 e. The van der Waals surface area contributed by atoms with Crippen LogP contribution < -0.4 is 0 Å². The van der Waals surface area contributed by atoms with Crippen molar-refractivity contribution in [1.29, 1.82) is 5.26 Å². The summed E-state index contributed by atoms with van der Waals surface area (Å²) >= 11 is 2.64. The van der Waals surface area contributed by atoms with E-state index in [1.807, 2.05) is 0 Å². The largest absolute Gasteiger partial charge is 0.266 e. The molecule has 0 unspecified atom stereocenters. The zero-order valence-corrected chi connectivity index (χ0v) is 8.59. The Bertz CT molecular complexity index is 241. The van der Waals surface area contributed by atoms with Crippen LogP contribution in [0.25, 0.3) is 0 Å². The summed E-state index contributed by atoms with van der Waals surface area (Å²) in [6.45, 7) is 0. The zero-order valence-electron chi connectivity index (χ0n) is 6.96. The number of nitrogens with zero attached hydrogens (tertiary/aromatic N) is 2. The molecule has 0 N–H and O–H groups in total. The molecule has 0 atom stereocenters. The summed E-state index contributed by atoms with van der Waals surface area (Å²) in [6.07, 6.45) is 2.92. The van der Waals surface area contributed by atoms with Crippen molar-refractivity contribution >= 4 is 27.9 Å². The molecule has 0 saturated heterocycles. The van der Waals surface area contributed by atoms with Crippen molar-refractivity contribution < 1.29 is 8.78 Å². The van der Waals surface area contributed by atoms with Crippen molar-refractivity contribution in [2.45, 2.75) is 6.42 Å². The Morgan fingerprint density at radius 3 is 2.77 bits per heavy atom. The Morgan fingerprint density at radius 2 is 2.31 bits per heavy atom. The molecule has 0 fully saturated rings. The van der Waals surface area contributed by atoms with E-state index in [0.717, 1.165) is 6.08 Å². The van der Waals surface area contributed by atoms with E-state index in [9.17, 15) is 8.78 Å². The van der Waals surface area contributed by atoms with Crippen molar-refractivity contribution in [3.8, 4) is 6.19 Å². The lowest BCUT2D eigenvalue weighted by Gasteiger charge is -1.96. The normalized spacial score (nSPS) is 10.8. The predicted molar refractivity (Wildman–Crippen MR) is 53.9 cm³/mol. The molecule has 0 aliphatic rings. The number of hydrogen-bond acceptors (Lipinski definition) is 4. The molecule has 0 aromatic carbocycles. The van der Waals surface area contributed by atoms with Crippen LogP contribution in [-0.4, -0.2) is 16.4 Å². The van der Waals surface area contributed by atoms with E-state index < -0.39 is 6.08 Å². The predicted octanol–water partition coefficient (Wildman–Crippen LogP) is 3.09. The van der Waals surface area contributed by atoms with Gasteiger partial charge in [0.2, 0.25) is 6.19 Å². The minimum absolute atomic E-state index is 0.290. The third-order valence-electron chi connectivity index (χ3n) is 0.958. The minimum atomic E-state index is -1.66. The molecular weight excluding hydrogens is 214 g/mol. The van der Waals surface area contributed by atoms with Gasteiger partial charge in [0.1, 0.15) is 4.38 Å². The van der Waals surface area contributed by atoms with Crippen molar-refractivity contribution in [3.63, 3.8) is 0 Å². The number of nitriles is 1. The number of aliphatic imine (C=N–C) groups is 1. The van der Waals surface area contributed by atoms with Gasteiger partial charge in [0.15, 0.2) is 0 Å². The summed E-state index contributed by atoms with van der Waals surface area (Å²) in [5, 5.41) is 8.22. The van der Waals surface area contributed by atoms with Gasteiger partial charge in [-0.25, -0.2) is 0 Å². The van der Waals surface area contributed by atoms with Crippen LogP contribution in [0.3, 0.4) is 0 Å². The first-order valence-corrected chi connectivity index (χ1v) is 5.56. The van der Waals surface area contributed by atoms with Gasteiger partial charge in [-0.2, -0.15) is 19.0 Å². The molecule has 0 saturated carbocycles. The monoisotopic (exact) mass is 222 g/mol. The Labute approximate surface area is 84.1 Å². The van der Waals surface area contributed by atoms with Gasteiger partial charge in [-0.1, -0.05) is 11.8 Å². The lowest BCUT2D eigenvalue weighted by Crippen LogP contribution is -1.86. The third-order valence-corrected chi connectivity index (χ3v) is 3.03. The molecular formula is C7H8F2N2S2. The van der Waals surface area contributed by atoms with Gasteiger partial charge in [-0.15, -0.1) is 11.8 Å². The highest BCUT2D eigenvalue weighted by molar-refractivity contribution is 8.38. The van der Waals surface area contributed by atoms with Gasteiger partial charge in [0.05, 0.1) is 0 Å². The number of thioether (sulfide) groups is 2. The van der Waals surface area contributed by atoms with Crippen molar-refractivity contribution in [1.82, 2.24) is 0 Å². The number of rotatable bonds is 3. The van der Waals surface area contributed by atoms with Gasteiger partial charge < -0.3 is 0 Å². The molecule has 0 spiro atoms. The second-order valence-corrected chi connectivity index (χ2v) is 3.95. The zero-order chi connectivity index (χ0) is 10.1. The first kappa shape index (κ1) is 12.5. The van der Waals surface area contributed by atoms with Gasteiger partial charge in [0.25, 0.3) is 6.08 Å². The van der Waals surface area contributed by atoms with Gasteiger partial charge >= 0.3 is 0 Å². The first-order valence-electron chi connectivity index (χ1n) is 3.35. The molecule has 0 aromatic heterocycles. The van der Waals surface area contributed by atoms with E-state index in [1.165, 1.54) is 23.5 Å². The van der Waals surface area contributed by atoms with E-state index in [-0.39, 0.29) is 6.42 Å². The topological polar surface area (TPSA) is 36.1 Å². The van der Waals surface area contributed by atoms with Crippen LogP contribution in [0.15, 0.2) is 17.1 Å². The lowest BCUT2D eigenvalue weighted by molar-refractivity contribution is 0.418. The number of allylic oxidation sites excluding steroid dienone is 1. The second kappa shape index (κ2) is 8.08. The van der Waals surface area contributed by atoms with Crippen LogP contribution >= 0.6 is 23.5 Å². The summed E-state index contributed by atoms with van der Waals surface area (Å²) in [4.78, 5) is 3.50. The molecule has 13 heavy (non-hydrogen) atoms. The Balaban J connectivity index is 3.70. The SMILES string of the molecule is CS/C(=N\C#N)SCCC=C(F)F. The highest BCUT2D eigenvalue weighted by Gasteiger charge is 1.97. The van der Waals surface area contributed by atoms with Crippen LogP contribution in [0.1, 0.15) is 6.42 Å². The van der Waals surface area contributed by atoms with E-state index in [4.69, 9.17) is 5.26 Å². The molecule has 0 rings (SSSR count). The van der Waals surface area contributed by atoms with Crippen LogP contribution in [-0.2, 0) is 0 Å². The Hall–Kier alpha value is -0.540. The highest BCUT2D eigenvalue weighted by atomic mass is 32.2. The minimum Gasteiger partial charge on any atom is -0.174 e. The molecule has 2 nitrogen and oxygen atoms in total. The molecule has 0 aliphatic heterocycles. The molecule has 0 aromatic rings. The second-order valence-electron chi connectivity index (χ2n) is 1.81. The van der Waals surface area contributed by atoms with Crippen molar-refractivity contribution in [2.75, 3.05) is 12.0 Å². The molecule has 0 radical (unpaired) electrons. The number of halogens is 2. The van der Waals surface area contributed by atoms with Gasteiger partial charge in [-0.05, 0) is 18.8 Å². The van der Waals surface area contributed by atoms with Crippen LogP contribution in [0.4, 0.5) is 8.78 Å². The van der Waals surface area contributed by atoms with E-state index in [2.05, 4.69) is 4.99 Å². The molecule has 0 bridgehead atoms. The fourth-order valence-corrected chi connectivity index (χ4v) is 1.86. The standard InChI is InChI=1S/C7H8F2N2S2/c1-12-7(11-5-10)13-4-2-3-6(8)9/h3H,2,4H2,1H3/b11-7+. The molecule has 0 aliphatic carbocycles. The maximum absolute atomic E-state index is 11.6. The summed E-state index contributed by atoms with van der Waals surface area (Å²) in [5.74, 6) is 0.513. The summed E-state index contributed by atoms with van der Waals surface area (Å²) in [6, 6.07) is 0. The Kier molecular flexibility index (Phi) is 7.74. The van der Waals surface area contributed by atoms with Crippen LogP contribution in [0.2, 0.25) is 0 Å². The maximum Gasteiger partial charge on any atom is 0.266 e. The fourth-order valence-electron chi connectivity index (χ4n) is 0.492. The molecule has 72 valence electrons. The van der Waals surface area contributed by atoms with Crippen LogP contribution in [0, 0.1) is 11.5 Å². The maximum atomic E-state index is 11.6. The number of hydrogen-bond donors (Lipinski definition) is 0. The molecule has 6 heteroatoms. The summed E-state index contributed by atoms with van der Waals surface area (Å²) in [5.41, 5.74) is 0. The van der Waals surface area contributed by atoms with Crippen molar-refractivity contribution in [2.24, 2.45) is 4.99 Å².